The summed E-state index contributed by atoms with van der Waals surface area (Å²) in [6.07, 6.45) is 0.129. The third kappa shape index (κ3) is 4.40. The lowest BCUT2D eigenvalue weighted by Crippen LogP contribution is -2.49. The van der Waals surface area contributed by atoms with Crippen LogP contribution in [0.25, 0.3) is 0 Å². The molecule has 1 fully saturated rings. The lowest BCUT2D eigenvalue weighted by Gasteiger charge is -2.36. The summed E-state index contributed by atoms with van der Waals surface area (Å²) < 4.78 is 0. The van der Waals surface area contributed by atoms with E-state index in [1.165, 1.54) is 5.01 Å². The topological polar surface area (TPSA) is 88.2 Å². The highest BCUT2D eigenvalue weighted by molar-refractivity contribution is 5.97. The van der Waals surface area contributed by atoms with Gasteiger partial charge in [0.05, 0.1) is 12.1 Å². The van der Waals surface area contributed by atoms with Crippen molar-refractivity contribution in [1.82, 2.24) is 10.0 Å². The Kier molecular flexibility index (Phi) is 6.30. The number of hydrazine groups is 1. The monoisotopic (exact) mass is 400 g/mol. The second-order valence-corrected chi connectivity index (χ2v) is 8.09. The van der Waals surface area contributed by atoms with Gasteiger partial charge in [-0.2, -0.15) is 10.5 Å². The van der Waals surface area contributed by atoms with Gasteiger partial charge < -0.3 is 0 Å². The Balaban J connectivity index is 1.89. The van der Waals surface area contributed by atoms with Gasteiger partial charge in [0.1, 0.15) is 5.92 Å². The van der Waals surface area contributed by atoms with E-state index in [9.17, 15) is 20.1 Å². The fourth-order valence-electron chi connectivity index (χ4n) is 3.87. The predicted molar refractivity (Wildman–Crippen MR) is 111 cm³/mol. The number of benzene rings is 2. The zero-order valence-corrected chi connectivity index (χ0v) is 17.2. The normalized spacial score (nSPS) is 16.8. The quantitative estimate of drug-likeness (QED) is 0.736. The number of hydrogen-bond acceptors (Lipinski definition) is 5. The fraction of sp³-hybridized carbons (Fsp3) is 0.333. The summed E-state index contributed by atoms with van der Waals surface area (Å²) in [5, 5.41) is 21.9. The van der Waals surface area contributed by atoms with Crippen molar-refractivity contribution >= 4 is 11.8 Å². The SMILES string of the molecule is CC1(C)CC(=O)N(C(=O)C[C@H](c2ccccc2)C(C#N)C#N)N1Cc1ccccc1. The molecule has 0 radical (unpaired) electrons. The predicted octanol–water partition coefficient (Wildman–Crippen LogP) is 3.78. The van der Waals surface area contributed by atoms with Crippen molar-refractivity contribution in [3.63, 3.8) is 0 Å². The molecule has 0 unspecified atom stereocenters. The van der Waals surface area contributed by atoms with E-state index in [0.29, 0.717) is 6.54 Å². The molecule has 0 bridgehead atoms. The standard InChI is InChI=1S/C24H24N4O2/c1-24(2)14-23(30)28(27(24)17-18-9-5-3-6-10-18)22(29)13-21(20(15-25)16-26)19-11-7-4-8-12-19/h3-12,20-21H,13-14,17H2,1-2H3/t21-/m1/s1. The maximum atomic E-state index is 13.3. The van der Waals surface area contributed by atoms with E-state index in [1.54, 1.807) is 17.1 Å². The van der Waals surface area contributed by atoms with Gasteiger partial charge >= 0.3 is 0 Å². The van der Waals surface area contributed by atoms with Crippen LogP contribution in [0.1, 0.15) is 43.7 Å². The molecule has 1 saturated heterocycles. The van der Waals surface area contributed by atoms with Gasteiger partial charge in [0.25, 0.3) is 0 Å². The summed E-state index contributed by atoms with van der Waals surface area (Å²) >= 11 is 0. The number of rotatable bonds is 6. The highest BCUT2D eigenvalue weighted by Gasteiger charge is 2.47. The molecule has 1 aliphatic rings. The smallest absolute Gasteiger partial charge is 0.245 e. The van der Waals surface area contributed by atoms with Crippen molar-refractivity contribution < 1.29 is 9.59 Å². The molecular weight excluding hydrogens is 376 g/mol. The van der Waals surface area contributed by atoms with Crippen LogP contribution in [-0.2, 0) is 16.1 Å². The van der Waals surface area contributed by atoms with Crippen LogP contribution in [0, 0.1) is 28.6 Å². The minimum atomic E-state index is -0.982. The molecule has 1 aliphatic heterocycles. The van der Waals surface area contributed by atoms with E-state index in [1.807, 2.05) is 74.5 Å². The molecule has 0 aromatic heterocycles. The lowest BCUT2D eigenvalue weighted by atomic mass is 9.85. The number of carbonyl (C=O) groups excluding carboxylic acids is 2. The largest absolute Gasteiger partial charge is 0.273 e. The molecule has 6 nitrogen and oxygen atoms in total. The van der Waals surface area contributed by atoms with Crippen LogP contribution >= 0.6 is 0 Å². The van der Waals surface area contributed by atoms with Crippen LogP contribution in [0.2, 0.25) is 0 Å². The Bertz CT molecular complexity index is 975. The minimum Gasteiger partial charge on any atom is -0.273 e. The van der Waals surface area contributed by atoms with Gasteiger partial charge in [-0.25, -0.2) is 10.0 Å². The van der Waals surface area contributed by atoms with Crippen molar-refractivity contribution in [3.8, 4) is 12.1 Å². The number of nitrogens with zero attached hydrogens (tertiary/aromatic N) is 4. The molecule has 1 heterocycles. The van der Waals surface area contributed by atoms with Gasteiger partial charge in [0, 0.05) is 30.8 Å². The summed E-state index contributed by atoms with van der Waals surface area (Å²) in [5.74, 6) is -2.25. The maximum Gasteiger partial charge on any atom is 0.245 e. The summed E-state index contributed by atoms with van der Waals surface area (Å²) in [6.45, 7) is 4.29. The Labute approximate surface area is 176 Å². The first-order valence-electron chi connectivity index (χ1n) is 9.89. The Morgan fingerprint density at radius 1 is 1.03 bits per heavy atom. The fourth-order valence-corrected chi connectivity index (χ4v) is 3.87. The molecule has 2 aromatic rings. The van der Waals surface area contributed by atoms with Gasteiger partial charge in [-0.05, 0) is 25.0 Å². The molecule has 2 aromatic carbocycles. The van der Waals surface area contributed by atoms with Crippen LogP contribution in [0.15, 0.2) is 60.7 Å². The van der Waals surface area contributed by atoms with Crippen LogP contribution in [0.3, 0.4) is 0 Å². The summed E-state index contributed by atoms with van der Waals surface area (Å²) in [4.78, 5) is 26.1. The minimum absolute atomic E-state index is 0.0943. The molecule has 152 valence electrons. The van der Waals surface area contributed by atoms with Crippen molar-refractivity contribution in [2.24, 2.45) is 5.92 Å². The first-order chi connectivity index (χ1) is 14.4. The maximum absolute atomic E-state index is 13.3. The number of imide groups is 1. The number of nitriles is 2. The zero-order valence-electron chi connectivity index (χ0n) is 17.2. The molecule has 6 heteroatoms. The summed E-state index contributed by atoms with van der Waals surface area (Å²) in [6, 6.07) is 22.7. The number of hydrogen-bond donors (Lipinski definition) is 0. The first-order valence-corrected chi connectivity index (χ1v) is 9.89. The molecule has 0 N–H and O–H groups in total. The summed E-state index contributed by atoms with van der Waals surface area (Å²) in [5.41, 5.74) is 1.21. The van der Waals surface area contributed by atoms with Gasteiger partial charge in [-0.3, -0.25) is 9.59 Å². The Morgan fingerprint density at radius 2 is 1.60 bits per heavy atom. The Hall–Kier alpha value is -3.48. The van der Waals surface area contributed by atoms with E-state index < -0.39 is 23.3 Å². The van der Waals surface area contributed by atoms with Gasteiger partial charge in [0.2, 0.25) is 11.8 Å². The summed E-state index contributed by atoms with van der Waals surface area (Å²) in [7, 11) is 0. The van der Waals surface area contributed by atoms with Crippen molar-refractivity contribution in [1.29, 1.82) is 10.5 Å². The van der Waals surface area contributed by atoms with Crippen molar-refractivity contribution in [3.05, 3.63) is 71.8 Å². The van der Waals surface area contributed by atoms with Gasteiger partial charge in [-0.15, -0.1) is 0 Å². The third-order valence-electron chi connectivity index (χ3n) is 5.47. The number of amides is 2. The molecule has 3 rings (SSSR count). The number of carbonyl (C=O) groups is 2. The van der Waals surface area contributed by atoms with Crippen LogP contribution < -0.4 is 0 Å². The van der Waals surface area contributed by atoms with E-state index >= 15 is 0 Å². The van der Waals surface area contributed by atoms with Crippen molar-refractivity contribution in [2.75, 3.05) is 0 Å². The van der Waals surface area contributed by atoms with Gasteiger partial charge in [-0.1, -0.05) is 60.7 Å². The molecule has 0 spiro atoms. The van der Waals surface area contributed by atoms with E-state index in [4.69, 9.17) is 0 Å². The molecule has 30 heavy (non-hydrogen) atoms. The zero-order chi connectivity index (χ0) is 21.7. The second kappa shape index (κ2) is 8.90. The molecular formula is C24H24N4O2. The van der Waals surface area contributed by atoms with E-state index in [2.05, 4.69) is 0 Å². The van der Waals surface area contributed by atoms with Crippen LogP contribution in [0.5, 0.6) is 0 Å². The van der Waals surface area contributed by atoms with Gasteiger partial charge in [0.15, 0.2) is 0 Å². The van der Waals surface area contributed by atoms with E-state index in [0.717, 1.165) is 11.1 Å². The van der Waals surface area contributed by atoms with Crippen molar-refractivity contribution in [2.45, 2.75) is 44.7 Å². The van der Waals surface area contributed by atoms with Crippen LogP contribution in [0.4, 0.5) is 0 Å². The average Bonchev–Trinajstić information content (AvgIpc) is 2.97. The molecule has 0 aliphatic carbocycles. The molecule has 1 atom stereocenters. The highest BCUT2D eigenvalue weighted by Crippen LogP contribution is 2.35. The second-order valence-electron chi connectivity index (χ2n) is 8.09. The lowest BCUT2D eigenvalue weighted by molar-refractivity contribution is -0.161. The Morgan fingerprint density at radius 3 is 2.17 bits per heavy atom. The third-order valence-corrected chi connectivity index (χ3v) is 5.47. The van der Waals surface area contributed by atoms with E-state index in [-0.39, 0.29) is 18.7 Å². The van der Waals surface area contributed by atoms with Crippen LogP contribution in [-0.4, -0.2) is 27.4 Å². The first kappa shape index (κ1) is 21.2. The highest BCUT2D eigenvalue weighted by atomic mass is 16.2. The molecule has 2 amide bonds. The molecule has 0 saturated carbocycles. The average molecular weight is 400 g/mol.